The van der Waals surface area contributed by atoms with E-state index < -0.39 is 11.8 Å². The largest absolute Gasteiger partial charge is 0.497 e. The fraction of sp³-hybridized carbons (Fsp3) is 0.417. The topological polar surface area (TPSA) is 73.9 Å². The monoisotopic (exact) mass is 424 g/mol. The van der Waals surface area contributed by atoms with Gasteiger partial charge >= 0.3 is 11.8 Å². The number of carbonyl (C=O) groups excluding carboxylic acids is 2. The number of amides is 2. The minimum atomic E-state index is -0.635. The van der Waals surface area contributed by atoms with Crippen LogP contribution in [-0.4, -0.2) is 68.5 Å². The molecule has 0 spiro atoms. The molecule has 2 N–H and O–H groups in total. The van der Waals surface area contributed by atoms with Crippen molar-refractivity contribution in [3.63, 3.8) is 0 Å². The number of hydrogen-bond donors (Lipinski definition) is 2. The predicted molar refractivity (Wildman–Crippen MR) is 121 cm³/mol. The van der Waals surface area contributed by atoms with E-state index in [2.05, 4.69) is 58.7 Å². The summed E-state index contributed by atoms with van der Waals surface area (Å²) in [6.07, 6.45) is 0. The summed E-state index contributed by atoms with van der Waals surface area (Å²) in [6, 6.07) is 15.8. The number of hydrogen-bond acceptors (Lipinski definition) is 5. The van der Waals surface area contributed by atoms with Crippen molar-refractivity contribution in [1.82, 2.24) is 20.4 Å². The zero-order valence-electron chi connectivity index (χ0n) is 18.6. The molecule has 3 rings (SSSR count). The highest BCUT2D eigenvalue weighted by Gasteiger charge is 2.25. The molecule has 166 valence electrons. The Balaban J connectivity index is 1.58. The molecule has 0 aliphatic carbocycles. The van der Waals surface area contributed by atoms with Gasteiger partial charge in [0.25, 0.3) is 0 Å². The van der Waals surface area contributed by atoms with Gasteiger partial charge in [0, 0.05) is 39.3 Å². The van der Waals surface area contributed by atoms with E-state index in [4.69, 9.17) is 4.74 Å². The lowest BCUT2D eigenvalue weighted by atomic mass is 10.0. The van der Waals surface area contributed by atoms with Crippen molar-refractivity contribution < 1.29 is 14.3 Å². The van der Waals surface area contributed by atoms with E-state index in [1.165, 1.54) is 5.56 Å². The molecular weight excluding hydrogens is 392 g/mol. The molecule has 7 heteroatoms. The Hall–Kier alpha value is -2.90. The summed E-state index contributed by atoms with van der Waals surface area (Å²) in [6.45, 7) is 6.53. The molecule has 1 aliphatic rings. The van der Waals surface area contributed by atoms with Crippen LogP contribution in [0, 0.1) is 6.92 Å². The summed E-state index contributed by atoms with van der Waals surface area (Å²) in [5, 5.41) is 5.51. The number of ether oxygens (including phenoxy) is 1. The van der Waals surface area contributed by atoms with Crippen LogP contribution in [0.15, 0.2) is 48.5 Å². The number of nitrogens with zero attached hydrogens (tertiary/aromatic N) is 2. The lowest BCUT2D eigenvalue weighted by Crippen LogP contribution is -2.49. The van der Waals surface area contributed by atoms with Crippen molar-refractivity contribution in [3.05, 3.63) is 65.2 Å². The van der Waals surface area contributed by atoms with Crippen LogP contribution in [0.1, 0.15) is 22.7 Å². The molecule has 2 aromatic carbocycles. The SMILES string of the molecule is COc1cccc(CNC(=O)C(=O)NCC(c2ccc(C)cc2)N2CCN(C)CC2)c1. The molecule has 2 amide bonds. The van der Waals surface area contributed by atoms with Gasteiger partial charge in [0.2, 0.25) is 0 Å². The van der Waals surface area contributed by atoms with Crippen LogP contribution < -0.4 is 15.4 Å². The van der Waals surface area contributed by atoms with E-state index in [-0.39, 0.29) is 12.6 Å². The average molecular weight is 425 g/mol. The van der Waals surface area contributed by atoms with Gasteiger partial charge in [-0.15, -0.1) is 0 Å². The number of methoxy groups -OCH3 is 1. The molecule has 1 fully saturated rings. The van der Waals surface area contributed by atoms with Gasteiger partial charge in [-0.3, -0.25) is 14.5 Å². The first-order valence-electron chi connectivity index (χ1n) is 10.6. The van der Waals surface area contributed by atoms with E-state index in [0.717, 1.165) is 37.3 Å². The second-order valence-electron chi connectivity index (χ2n) is 8.01. The van der Waals surface area contributed by atoms with Crippen LogP contribution in [-0.2, 0) is 16.1 Å². The Labute approximate surface area is 184 Å². The highest BCUT2D eigenvalue weighted by Crippen LogP contribution is 2.22. The zero-order valence-corrected chi connectivity index (χ0v) is 18.6. The van der Waals surface area contributed by atoms with Crippen molar-refractivity contribution in [2.24, 2.45) is 0 Å². The fourth-order valence-corrected chi connectivity index (χ4v) is 3.69. The first-order chi connectivity index (χ1) is 15.0. The molecule has 1 atom stereocenters. The van der Waals surface area contributed by atoms with Crippen molar-refractivity contribution >= 4 is 11.8 Å². The Kier molecular flexibility index (Phi) is 8.03. The van der Waals surface area contributed by atoms with E-state index >= 15 is 0 Å². The third-order valence-electron chi connectivity index (χ3n) is 5.69. The molecule has 2 aromatic rings. The number of likely N-dealkylation sites (N-methyl/N-ethyl adjacent to an activating group) is 1. The van der Waals surface area contributed by atoms with Gasteiger partial charge in [0.15, 0.2) is 0 Å². The second-order valence-corrected chi connectivity index (χ2v) is 8.01. The summed E-state index contributed by atoms with van der Waals surface area (Å²) in [7, 11) is 3.71. The third-order valence-corrected chi connectivity index (χ3v) is 5.69. The number of nitrogens with one attached hydrogen (secondary N) is 2. The third kappa shape index (κ3) is 6.54. The van der Waals surface area contributed by atoms with Crippen LogP contribution >= 0.6 is 0 Å². The minimum Gasteiger partial charge on any atom is -0.497 e. The maximum absolute atomic E-state index is 12.4. The van der Waals surface area contributed by atoms with E-state index in [1.54, 1.807) is 7.11 Å². The van der Waals surface area contributed by atoms with E-state index in [1.807, 2.05) is 24.3 Å². The summed E-state index contributed by atoms with van der Waals surface area (Å²) >= 11 is 0. The summed E-state index contributed by atoms with van der Waals surface area (Å²) in [5.74, 6) is -0.540. The molecule has 31 heavy (non-hydrogen) atoms. The van der Waals surface area contributed by atoms with Crippen LogP contribution in [0.5, 0.6) is 5.75 Å². The summed E-state index contributed by atoms with van der Waals surface area (Å²) in [5.41, 5.74) is 3.21. The Morgan fingerprint density at radius 3 is 2.35 bits per heavy atom. The van der Waals surface area contributed by atoms with Gasteiger partial charge in [-0.1, -0.05) is 42.0 Å². The number of rotatable bonds is 7. The van der Waals surface area contributed by atoms with Gasteiger partial charge in [-0.2, -0.15) is 0 Å². The van der Waals surface area contributed by atoms with E-state index in [9.17, 15) is 9.59 Å². The second kappa shape index (κ2) is 10.9. The number of benzene rings is 2. The smallest absolute Gasteiger partial charge is 0.309 e. The predicted octanol–water partition coefficient (Wildman–Crippen LogP) is 1.72. The van der Waals surface area contributed by atoms with Crippen LogP contribution in [0.4, 0.5) is 0 Å². The molecule has 1 saturated heterocycles. The standard InChI is InChI=1S/C24H32N4O3/c1-18-7-9-20(10-8-18)22(28-13-11-27(2)12-14-28)17-26-24(30)23(29)25-16-19-5-4-6-21(15-19)31-3/h4-10,15,22H,11-14,16-17H2,1-3H3,(H,25,29)(H,26,30). The maximum Gasteiger partial charge on any atom is 0.309 e. The van der Waals surface area contributed by atoms with Crippen molar-refractivity contribution in [2.75, 3.05) is 46.9 Å². The highest BCUT2D eigenvalue weighted by molar-refractivity contribution is 6.35. The molecule has 0 bridgehead atoms. The molecule has 0 saturated carbocycles. The van der Waals surface area contributed by atoms with Crippen molar-refractivity contribution in [1.29, 1.82) is 0 Å². The minimum absolute atomic E-state index is 0.0319. The molecule has 7 nitrogen and oxygen atoms in total. The van der Waals surface area contributed by atoms with Gasteiger partial charge in [-0.25, -0.2) is 0 Å². The van der Waals surface area contributed by atoms with Crippen LogP contribution in [0.25, 0.3) is 0 Å². The molecule has 1 aliphatic heterocycles. The number of aryl methyl sites for hydroxylation is 1. The lowest BCUT2D eigenvalue weighted by molar-refractivity contribution is -0.139. The van der Waals surface area contributed by atoms with Gasteiger partial charge in [0.05, 0.1) is 13.2 Å². The Morgan fingerprint density at radius 1 is 1.00 bits per heavy atom. The van der Waals surface area contributed by atoms with Crippen LogP contribution in [0.2, 0.25) is 0 Å². The zero-order chi connectivity index (χ0) is 22.2. The van der Waals surface area contributed by atoms with Gasteiger partial charge in [0.1, 0.15) is 5.75 Å². The van der Waals surface area contributed by atoms with Crippen molar-refractivity contribution in [2.45, 2.75) is 19.5 Å². The molecule has 1 heterocycles. The molecule has 0 radical (unpaired) electrons. The van der Waals surface area contributed by atoms with Gasteiger partial charge < -0.3 is 20.3 Å². The van der Waals surface area contributed by atoms with Gasteiger partial charge in [-0.05, 0) is 37.2 Å². The maximum atomic E-state index is 12.4. The normalized spacial score (nSPS) is 15.8. The molecule has 1 unspecified atom stereocenters. The Morgan fingerprint density at radius 2 is 1.68 bits per heavy atom. The fourth-order valence-electron chi connectivity index (χ4n) is 3.69. The number of carbonyl (C=O) groups is 2. The number of piperazine rings is 1. The first-order valence-corrected chi connectivity index (χ1v) is 10.6. The highest BCUT2D eigenvalue weighted by atomic mass is 16.5. The average Bonchev–Trinajstić information content (AvgIpc) is 2.79. The van der Waals surface area contributed by atoms with Crippen LogP contribution in [0.3, 0.4) is 0 Å². The summed E-state index contributed by atoms with van der Waals surface area (Å²) < 4.78 is 5.19. The first kappa shape index (κ1) is 22.8. The quantitative estimate of drug-likeness (QED) is 0.663. The molecular formula is C24H32N4O3. The van der Waals surface area contributed by atoms with E-state index in [0.29, 0.717) is 12.3 Å². The summed E-state index contributed by atoms with van der Waals surface area (Å²) in [4.78, 5) is 29.4. The van der Waals surface area contributed by atoms with Crippen molar-refractivity contribution in [3.8, 4) is 5.75 Å². The Bertz CT molecular complexity index is 877. The molecule has 0 aromatic heterocycles. The lowest BCUT2D eigenvalue weighted by Gasteiger charge is -2.38.